The van der Waals surface area contributed by atoms with Crippen LogP contribution in [-0.4, -0.2) is 35.7 Å². The van der Waals surface area contributed by atoms with Crippen LogP contribution in [-0.2, 0) is 0 Å². The summed E-state index contributed by atoms with van der Waals surface area (Å²) in [6.07, 6.45) is 1.12. The van der Waals surface area contributed by atoms with E-state index in [1.807, 2.05) is 24.3 Å². The number of likely N-dealkylation sites (tertiary alicyclic amines) is 1. The zero-order valence-corrected chi connectivity index (χ0v) is 11.5. The van der Waals surface area contributed by atoms with Crippen molar-refractivity contribution < 1.29 is 5.11 Å². The van der Waals surface area contributed by atoms with Crippen molar-refractivity contribution >= 4 is 11.6 Å². The van der Waals surface area contributed by atoms with E-state index in [0.29, 0.717) is 12.5 Å². The summed E-state index contributed by atoms with van der Waals surface area (Å²) in [6.45, 7) is 3.95. The van der Waals surface area contributed by atoms with Gasteiger partial charge >= 0.3 is 0 Å². The first kappa shape index (κ1) is 13.8. The Hall–Kier alpha value is -0.610. The van der Waals surface area contributed by atoms with Crippen molar-refractivity contribution in [2.24, 2.45) is 11.7 Å². The Kier molecular flexibility index (Phi) is 4.62. The van der Waals surface area contributed by atoms with Crippen LogP contribution in [0.25, 0.3) is 0 Å². The molecule has 0 amide bonds. The van der Waals surface area contributed by atoms with Crippen LogP contribution in [0.1, 0.15) is 24.9 Å². The number of benzene rings is 1. The molecule has 1 aromatic carbocycles. The summed E-state index contributed by atoms with van der Waals surface area (Å²) in [6, 6.07) is 8.23. The molecule has 3 atom stereocenters. The van der Waals surface area contributed by atoms with Gasteiger partial charge in [0.25, 0.3) is 0 Å². The van der Waals surface area contributed by atoms with E-state index >= 15 is 0 Å². The quantitative estimate of drug-likeness (QED) is 0.879. The van der Waals surface area contributed by atoms with Gasteiger partial charge in [-0.15, -0.1) is 0 Å². The lowest BCUT2D eigenvalue weighted by molar-refractivity contribution is 0.105. The topological polar surface area (TPSA) is 49.5 Å². The highest BCUT2D eigenvalue weighted by Crippen LogP contribution is 2.32. The Morgan fingerprint density at radius 2 is 2.11 bits per heavy atom. The lowest BCUT2D eigenvalue weighted by Crippen LogP contribution is -2.41. The molecule has 1 saturated heterocycles. The van der Waals surface area contributed by atoms with Gasteiger partial charge in [-0.25, -0.2) is 0 Å². The number of aliphatic hydroxyl groups excluding tert-OH is 1. The average Bonchev–Trinajstić information content (AvgIpc) is 2.74. The van der Waals surface area contributed by atoms with Gasteiger partial charge in [-0.2, -0.15) is 0 Å². The standard InChI is InChI=1S/C14H21ClN2O/c1-10-6-7-17(14(10)9-18)13(8-16)11-2-4-12(15)5-3-11/h2-5,10,13-14,18H,6-9,16H2,1H3. The smallest absolute Gasteiger partial charge is 0.0589 e. The molecule has 4 heteroatoms. The van der Waals surface area contributed by atoms with E-state index in [1.54, 1.807) is 0 Å². The van der Waals surface area contributed by atoms with Crippen molar-refractivity contribution in [1.29, 1.82) is 0 Å². The van der Waals surface area contributed by atoms with Crippen molar-refractivity contribution in [3.05, 3.63) is 34.9 Å². The highest BCUT2D eigenvalue weighted by atomic mass is 35.5. The van der Waals surface area contributed by atoms with Gasteiger partial charge in [-0.1, -0.05) is 30.7 Å². The van der Waals surface area contributed by atoms with E-state index in [0.717, 1.165) is 18.0 Å². The van der Waals surface area contributed by atoms with Gasteiger partial charge in [-0.3, -0.25) is 4.90 Å². The molecule has 1 fully saturated rings. The van der Waals surface area contributed by atoms with Crippen molar-refractivity contribution in [2.45, 2.75) is 25.4 Å². The van der Waals surface area contributed by atoms with Gasteiger partial charge in [0.05, 0.1) is 6.61 Å². The van der Waals surface area contributed by atoms with Crippen LogP contribution in [0, 0.1) is 5.92 Å². The minimum absolute atomic E-state index is 0.171. The third-order valence-corrected chi connectivity index (χ3v) is 4.24. The minimum Gasteiger partial charge on any atom is -0.395 e. The lowest BCUT2D eigenvalue weighted by atomic mass is 10.0. The van der Waals surface area contributed by atoms with Crippen molar-refractivity contribution in [3.8, 4) is 0 Å². The second-order valence-corrected chi connectivity index (χ2v) is 5.49. The molecule has 0 aliphatic carbocycles. The molecule has 0 bridgehead atoms. The molecule has 0 spiro atoms. The summed E-state index contributed by atoms with van der Waals surface area (Å²) >= 11 is 5.91. The second-order valence-electron chi connectivity index (χ2n) is 5.06. The average molecular weight is 269 g/mol. The molecule has 100 valence electrons. The third kappa shape index (κ3) is 2.69. The zero-order chi connectivity index (χ0) is 13.1. The Labute approximate surface area is 114 Å². The van der Waals surface area contributed by atoms with Crippen LogP contribution in [0.4, 0.5) is 0 Å². The van der Waals surface area contributed by atoms with E-state index in [2.05, 4.69) is 11.8 Å². The Morgan fingerprint density at radius 3 is 2.67 bits per heavy atom. The van der Waals surface area contributed by atoms with Gasteiger partial charge in [-0.05, 0) is 36.6 Å². The minimum atomic E-state index is 0.171. The molecule has 0 saturated carbocycles. The molecule has 2 rings (SSSR count). The van der Waals surface area contributed by atoms with Crippen molar-refractivity contribution in [2.75, 3.05) is 19.7 Å². The van der Waals surface area contributed by atoms with Gasteiger partial charge < -0.3 is 10.8 Å². The molecule has 1 aliphatic rings. The predicted octanol–water partition coefficient (Wildman–Crippen LogP) is 2.04. The molecule has 1 heterocycles. The Bertz CT molecular complexity index is 382. The summed E-state index contributed by atoms with van der Waals surface area (Å²) in [5.41, 5.74) is 7.10. The van der Waals surface area contributed by atoms with Gasteiger partial charge in [0.1, 0.15) is 0 Å². The fraction of sp³-hybridized carbons (Fsp3) is 0.571. The maximum Gasteiger partial charge on any atom is 0.0589 e. The molecule has 18 heavy (non-hydrogen) atoms. The summed E-state index contributed by atoms with van der Waals surface area (Å²) in [5, 5.41) is 10.3. The van der Waals surface area contributed by atoms with Crippen LogP contribution in [0.15, 0.2) is 24.3 Å². The summed E-state index contributed by atoms with van der Waals surface area (Å²) in [7, 11) is 0. The van der Waals surface area contributed by atoms with Crippen LogP contribution < -0.4 is 5.73 Å². The first-order chi connectivity index (χ1) is 8.67. The predicted molar refractivity (Wildman–Crippen MR) is 74.6 cm³/mol. The molecular weight excluding hydrogens is 248 g/mol. The van der Waals surface area contributed by atoms with Gasteiger partial charge in [0.2, 0.25) is 0 Å². The van der Waals surface area contributed by atoms with Crippen LogP contribution >= 0.6 is 11.6 Å². The van der Waals surface area contributed by atoms with Gasteiger partial charge in [0.15, 0.2) is 0 Å². The summed E-state index contributed by atoms with van der Waals surface area (Å²) in [4.78, 5) is 2.33. The monoisotopic (exact) mass is 268 g/mol. The fourth-order valence-electron chi connectivity index (χ4n) is 2.86. The van der Waals surface area contributed by atoms with E-state index < -0.39 is 0 Å². The van der Waals surface area contributed by atoms with Crippen LogP contribution in [0.2, 0.25) is 5.02 Å². The highest BCUT2D eigenvalue weighted by Gasteiger charge is 2.35. The third-order valence-electron chi connectivity index (χ3n) is 3.99. The number of hydrogen-bond donors (Lipinski definition) is 2. The van der Waals surface area contributed by atoms with E-state index in [4.69, 9.17) is 17.3 Å². The van der Waals surface area contributed by atoms with Crippen molar-refractivity contribution in [1.82, 2.24) is 4.90 Å². The lowest BCUT2D eigenvalue weighted by Gasteiger charge is -2.33. The summed E-state index contributed by atoms with van der Waals surface area (Å²) < 4.78 is 0. The molecule has 0 radical (unpaired) electrons. The molecule has 3 N–H and O–H groups in total. The van der Waals surface area contributed by atoms with E-state index in [-0.39, 0.29) is 18.7 Å². The molecule has 1 aliphatic heterocycles. The number of nitrogens with zero attached hydrogens (tertiary/aromatic N) is 1. The first-order valence-electron chi connectivity index (χ1n) is 6.49. The van der Waals surface area contributed by atoms with Crippen LogP contribution in [0.5, 0.6) is 0 Å². The SMILES string of the molecule is CC1CCN(C(CN)c2ccc(Cl)cc2)C1CO. The maximum atomic E-state index is 9.54. The van der Waals surface area contributed by atoms with Crippen LogP contribution in [0.3, 0.4) is 0 Å². The second kappa shape index (κ2) is 6.02. The highest BCUT2D eigenvalue weighted by molar-refractivity contribution is 6.30. The Balaban J connectivity index is 2.20. The van der Waals surface area contributed by atoms with Crippen molar-refractivity contribution in [3.63, 3.8) is 0 Å². The number of halogens is 1. The van der Waals surface area contributed by atoms with Gasteiger partial charge in [0, 0.05) is 23.7 Å². The molecule has 3 nitrogen and oxygen atoms in total. The Morgan fingerprint density at radius 1 is 1.44 bits per heavy atom. The number of hydrogen-bond acceptors (Lipinski definition) is 3. The van der Waals surface area contributed by atoms with E-state index in [9.17, 15) is 5.11 Å². The maximum absolute atomic E-state index is 9.54. The number of nitrogens with two attached hydrogens (primary N) is 1. The molecule has 3 unspecified atom stereocenters. The normalized spacial score (nSPS) is 26.4. The summed E-state index contributed by atoms with van der Waals surface area (Å²) in [5.74, 6) is 0.524. The number of aliphatic hydroxyl groups is 1. The molecular formula is C14H21ClN2O. The first-order valence-corrected chi connectivity index (χ1v) is 6.87. The molecule has 1 aromatic rings. The van der Waals surface area contributed by atoms with E-state index in [1.165, 1.54) is 5.56 Å². The fourth-order valence-corrected chi connectivity index (χ4v) is 2.98. The zero-order valence-electron chi connectivity index (χ0n) is 10.7. The largest absolute Gasteiger partial charge is 0.395 e. The number of rotatable bonds is 4. The molecule has 0 aromatic heterocycles.